The highest BCUT2D eigenvalue weighted by molar-refractivity contribution is 6.31. The third kappa shape index (κ3) is 3.42. The number of likely N-dealkylation sites (N-methyl/N-ethyl adjacent to an activating group) is 1. The van der Waals surface area contributed by atoms with Gasteiger partial charge in [-0.25, -0.2) is 0 Å². The zero-order valence-corrected chi connectivity index (χ0v) is 15.1. The molecule has 0 aromatic heterocycles. The lowest BCUT2D eigenvalue weighted by Crippen LogP contribution is -3.14. The maximum absolute atomic E-state index is 12.8. The summed E-state index contributed by atoms with van der Waals surface area (Å²) in [6, 6.07) is 5.62. The molecular weight excluding hydrogens is 326 g/mol. The summed E-state index contributed by atoms with van der Waals surface area (Å²) in [4.78, 5) is 30.3. The molecule has 0 aliphatic carbocycles. The summed E-state index contributed by atoms with van der Waals surface area (Å²) < 4.78 is 0. The Morgan fingerprint density at radius 3 is 2.67 bits per heavy atom. The van der Waals surface area contributed by atoms with Crippen molar-refractivity contribution in [3.8, 4) is 0 Å². The number of carbonyl (C=O) groups is 2. The molecule has 0 bridgehead atoms. The molecule has 2 aliphatic heterocycles. The van der Waals surface area contributed by atoms with E-state index in [0.717, 1.165) is 44.0 Å². The number of aryl methyl sites for hydroxylation is 1. The summed E-state index contributed by atoms with van der Waals surface area (Å²) in [7, 11) is 0. The van der Waals surface area contributed by atoms with E-state index in [2.05, 4.69) is 6.92 Å². The minimum atomic E-state index is -0.235. The van der Waals surface area contributed by atoms with Gasteiger partial charge in [0, 0.05) is 23.7 Å². The number of rotatable bonds is 3. The molecule has 1 aromatic rings. The number of piperazine rings is 1. The number of nitrogens with zero attached hydrogens (tertiary/aromatic N) is 2. The van der Waals surface area contributed by atoms with Gasteiger partial charge in [-0.3, -0.25) is 9.59 Å². The van der Waals surface area contributed by atoms with Gasteiger partial charge in [-0.2, -0.15) is 0 Å². The van der Waals surface area contributed by atoms with Gasteiger partial charge in [0.15, 0.2) is 0 Å². The zero-order valence-electron chi connectivity index (χ0n) is 14.3. The third-order valence-electron chi connectivity index (χ3n) is 5.22. The average Bonchev–Trinajstić information content (AvgIpc) is 2.98. The number of anilines is 1. The minimum Gasteiger partial charge on any atom is -0.332 e. The van der Waals surface area contributed by atoms with Gasteiger partial charge in [0.05, 0.1) is 38.6 Å². The van der Waals surface area contributed by atoms with Crippen LogP contribution in [0.3, 0.4) is 0 Å². The van der Waals surface area contributed by atoms with Gasteiger partial charge in [-0.1, -0.05) is 17.7 Å². The molecule has 130 valence electrons. The van der Waals surface area contributed by atoms with E-state index < -0.39 is 0 Å². The number of hydrogen-bond donors (Lipinski definition) is 1. The van der Waals surface area contributed by atoms with E-state index in [9.17, 15) is 9.59 Å². The van der Waals surface area contributed by atoms with Crippen LogP contribution in [0.1, 0.15) is 18.9 Å². The fraction of sp³-hybridized carbons (Fsp3) is 0.556. The predicted octanol–water partition coefficient (Wildman–Crippen LogP) is 0.748. The lowest BCUT2D eigenvalue weighted by molar-refractivity contribution is -0.902. The van der Waals surface area contributed by atoms with E-state index in [-0.39, 0.29) is 17.7 Å². The molecule has 2 amide bonds. The van der Waals surface area contributed by atoms with Crippen molar-refractivity contribution < 1.29 is 14.5 Å². The van der Waals surface area contributed by atoms with E-state index in [1.165, 1.54) is 4.90 Å². The Morgan fingerprint density at radius 1 is 1.33 bits per heavy atom. The third-order valence-corrected chi connectivity index (χ3v) is 5.63. The van der Waals surface area contributed by atoms with E-state index in [1.54, 1.807) is 4.90 Å². The maximum atomic E-state index is 12.8. The fourth-order valence-corrected chi connectivity index (χ4v) is 3.70. The Bertz CT molecular complexity index is 641. The van der Waals surface area contributed by atoms with Crippen LogP contribution in [0, 0.1) is 12.8 Å². The van der Waals surface area contributed by atoms with E-state index in [0.29, 0.717) is 18.0 Å². The van der Waals surface area contributed by atoms with Crippen LogP contribution in [-0.2, 0) is 9.59 Å². The summed E-state index contributed by atoms with van der Waals surface area (Å²) in [5.74, 6) is -0.106. The number of carbonyl (C=O) groups excluding carboxylic acids is 2. The highest BCUT2D eigenvalue weighted by Gasteiger charge is 2.38. The van der Waals surface area contributed by atoms with E-state index in [4.69, 9.17) is 11.6 Å². The van der Waals surface area contributed by atoms with Crippen molar-refractivity contribution >= 4 is 29.1 Å². The number of hydrogen-bond acceptors (Lipinski definition) is 2. The van der Waals surface area contributed by atoms with Gasteiger partial charge in [-0.05, 0) is 31.5 Å². The Labute approximate surface area is 148 Å². The first kappa shape index (κ1) is 17.2. The quantitative estimate of drug-likeness (QED) is 0.874. The molecule has 2 aliphatic rings. The van der Waals surface area contributed by atoms with Crippen molar-refractivity contribution in [3.63, 3.8) is 0 Å². The second-order valence-electron chi connectivity index (χ2n) is 6.77. The molecular formula is C18H25ClN3O2+. The molecule has 0 unspecified atom stereocenters. The first-order valence-electron chi connectivity index (χ1n) is 8.68. The predicted molar refractivity (Wildman–Crippen MR) is 94.5 cm³/mol. The van der Waals surface area contributed by atoms with Gasteiger partial charge in [-0.15, -0.1) is 0 Å². The zero-order chi connectivity index (χ0) is 17.3. The molecule has 1 N–H and O–H groups in total. The van der Waals surface area contributed by atoms with Crippen LogP contribution in [0.4, 0.5) is 5.69 Å². The maximum Gasteiger partial charge on any atom is 0.228 e. The normalized spacial score (nSPS) is 22.3. The number of amides is 2. The van der Waals surface area contributed by atoms with Crippen LogP contribution in [0.5, 0.6) is 0 Å². The number of quaternary nitrogens is 1. The van der Waals surface area contributed by atoms with Crippen LogP contribution in [0.2, 0.25) is 5.02 Å². The molecule has 3 rings (SSSR count). The lowest BCUT2D eigenvalue weighted by Gasteiger charge is -2.33. The van der Waals surface area contributed by atoms with Crippen molar-refractivity contribution in [1.29, 1.82) is 0 Å². The monoisotopic (exact) mass is 350 g/mol. The Morgan fingerprint density at radius 2 is 2.04 bits per heavy atom. The van der Waals surface area contributed by atoms with Crippen molar-refractivity contribution in [2.24, 2.45) is 5.92 Å². The molecule has 1 atom stereocenters. The number of nitrogens with one attached hydrogen (secondary N) is 1. The van der Waals surface area contributed by atoms with E-state index in [1.807, 2.05) is 30.0 Å². The Balaban J connectivity index is 1.66. The highest BCUT2D eigenvalue weighted by Crippen LogP contribution is 2.29. The van der Waals surface area contributed by atoms with Crippen molar-refractivity contribution in [1.82, 2.24) is 4.90 Å². The largest absolute Gasteiger partial charge is 0.332 e. The first-order chi connectivity index (χ1) is 11.5. The highest BCUT2D eigenvalue weighted by atomic mass is 35.5. The second-order valence-corrected chi connectivity index (χ2v) is 7.17. The van der Waals surface area contributed by atoms with Crippen molar-refractivity contribution in [2.75, 3.05) is 44.2 Å². The smallest absolute Gasteiger partial charge is 0.228 e. The Kier molecular flexibility index (Phi) is 5.11. The molecule has 5 nitrogen and oxygen atoms in total. The van der Waals surface area contributed by atoms with Gasteiger partial charge in [0.2, 0.25) is 11.8 Å². The van der Waals surface area contributed by atoms with Crippen molar-refractivity contribution in [2.45, 2.75) is 20.3 Å². The number of benzene rings is 1. The Hall–Kier alpha value is -1.59. The summed E-state index contributed by atoms with van der Waals surface area (Å²) in [5, 5.41) is 0.647. The molecule has 0 saturated carbocycles. The van der Waals surface area contributed by atoms with Gasteiger partial charge in [0.25, 0.3) is 0 Å². The van der Waals surface area contributed by atoms with Gasteiger partial charge in [0.1, 0.15) is 0 Å². The minimum absolute atomic E-state index is 0.00564. The molecule has 0 radical (unpaired) electrons. The van der Waals surface area contributed by atoms with Gasteiger partial charge < -0.3 is 14.7 Å². The summed E-state index contributed by atoms with van der Waals surface area (Å²) in [5.41, 5.74) is 1.77. The molecule has 1 aromatic carbocycles. The summed E-state index contributed by atoms with van der Waals surface area (Å²) in [6.45, 7) is 9.26. The summed E-state index contributed by atoms with van der Waals surface area (Å²) in [6.07, 6.45) is 0.297. The fourth-order valence-electron chi connectivity index (χ4n) is 3.53. The SMILES string of the molecule is CC[NH+]1CCN(C(=O)[C@@H]2CC(=O)N(c3ccc(C)c(Cl)c3)C2)CC1. The van der Waals surface area contributed by atoms with Crippen molar-refractivity contribution in [3.05, 3.63) is 28.8 Å². The second kappa shape index (κ2) is 7.11. The molecule has 2 heterocycles. The molecule has 24 heavy (non-hydrogen) atoms. The topological polar surface area (TPSA) is 45.1 Å². The van der Waals surface area contributed by atoms with E-state index >= 15 is 0 Å². The molecule has 6 heteroatoms. The molecule has 0 spiro atoms. The number of halogens is 1. The van der Waals surface area contributed by atoms with Crippen LogP contribution >= 0.6 is 11.6 Å². The van der Waals surface area contributed by atoms with Crippen LogP contribution in [-0.4, -0.2) is 56.0 Å². The molecule has 2 fully saturated rings. The summed E-state index contributed by atoms with van der Waals surface area (Å²) >= 11 is 6.17. The average molecular weight is 351 g/mol. The van der Waals surface area contributed by atoms with Crippen LogP contribution in [0.25, 0.3) is 0 Å². The standard InChI is InChI=1S/C18H24ClN3O2/c1-3-20-6-8-21(9-7-20)18(24)14-10-17(23)22(12-14)15-5-4-13(2)16(19)11-15/h4-5,11,14H,3,6-10,12H2,1-2H3/p+1/t14-/m1/s1. The van der Waals surface area contributed by atoms with Crippen LogP contribution in [0.15, 0.2) is 18.2 Å². The first-order valence-corrected chi connectivity index (χ1v) is 9.06. The van der Waals surface area contributed by atoms with Gasteiger partial charge >= 0.3 is 0 Å². The van der Waals surface area contributed by atoms with Crippen LogP contribution < -0.4 is 9.80 Å². The molecule has 2 saturated heterocycles. The lowest BCUT2D eigenvalue weighted by atomic mass is 10.1.